The van der Waals surface area contributed by atoms with Crippen molar-refractivity contribution in [1.29, 1.82) is 0 Å². The third-order valence-corrected chi connectivity index (χ3v) is 3.99. The molecule has 1 aromatic rings. The first-order chi connectivity index (χ1) is 11.2. The van der Waals surface area contributed by atoms with Crippen molar-refractivity contribution in [2.75, 3.05) is 6.61 Å². The van der Waals surface area contributed by atoms with Gasteiger partial charge in [-0.2, -0.15) is 0 Å². The zero-order valence-corrected chi connectivity index (χ0v) is 13.6. The number of nitrogens with one attached hydrogen (secondary N) is 1. The first-order valence-corrected chi connectivity index (χ1v) is 7.97. The molecule has 1 aliphatic carbocycles. The maximum atomic E-state index is 12.5. The smallest absolute Gasteiger partial charge is 0.405 e. The number of carbonyl (C=O) groups excluding carboxylic acids is 1. The Morgan fingerprint density at radius 3 is 2.62 bits per heavy atom. The van der Waals surface area contributed by atoms with Crippen LogP contribution in [0.1, 0.15) is 38.2 Å². The lowest BCUT2D eigenvalue weighted by molar-refractivity contribution is -0.274. The molecule has 2 N–H and O–H groups in total. The van der Waals surface area contributed by atoms with Gasteiger partial charge in [0.25, 0.3) is 0 Å². The molecule has 3 unspecified atom stereocenters. The van der Waals surface area contributed by atoms with Crippen molar-refractivity contribution < 1.29 is 27.8 Å². The van der Waals surface area contributed by atoms with Crippen LogP contribution in [0.5, 0.6) is 5.75 Å². The topological polar surface area (TPSA) is 58.6 Å². The van der Waals surface area contributed by atoms with E-state index in [0.717, 1.165) is 0 Å². The number of hydrogen-bond donors (Lipinski definition) is 2. The summed E-state index contributed by atoms with van der Waals surface area (Å²) < 4.78 is 41.5. The number of aliphatic hydroxyl groups excluding tert-OH is 1. The van der Waals surface area contributed by atoms with Crippen LogP contribution in [0.15, 0.2) is 24.3 Å². The summed E-state index contributed by atoms with van der Waals surface area (Å²) in [6.45, 7) is 3.81. The molecular weight excluding hydrogens is 323 g/mol. The zero-order chi connectivity index (χ0) is 17.9. The number of aliphatic hydroxyl groups is 1. The van der Waals surface area contributed by atoms with Gasteiger partial charge in [0.05, 0.1) is 12.6 Å². The highest BCUT2D eigenvalue weighted by Crippen LogP contribution is 2.51. The quantitative estimate of drug-likeness (QED) is 0.798. The molecule has 0 aliphatic heterocycles. The molecule has 1 saturated carbocycles. The highest BCUT2D eigenvalue weighted by atomic mass is 19.4. The first kappa shape index (κ1) is 18.6. The van der Waals surface area contributed by atoms with E-state index >= 15 is 0 Å². The van der Waals surface area contributed by atoms with Gasteiger partial charge >= 0.3 is 6.36 Å². The molecule has 0 bridgehead atoms. The van der Waals surface area contributed by atoms with Gasteiger partial charge in [-0.15, -0.1) is 13.2 Å². The van der Waals surface area contributed by atoms with E-state index in [1.807, 2.05) is 13.8 Å². The number of amides is 1. The number of benzene rings is 1. The fourth-order valence-corrected chi connectivity index (χ4v) is 2.89. The molecule has 4 nitrogen and oxygen atoms in total. The standard InChI is InChI=1S/C17H22F3NO3/c1-10(2)7-11(9-22)21-16(23)14-8-13(14)12-5-3-4-6-15(12)24-17(18,19)20/h3-6,10-11,13-14,22H,7-9H2,1-2H3,(H,21,23). The van der Waals surface area contributed by atoms with Crippen LogP contribution in [0.3, 0.4) is 0 Å². The minimum Gasteiger partial charge on any atom is -0.405 e. The lowest BCUT2D eigenvalue weighted by Gasteiger charge is -2.18. The van der Waals surface area contributed by atoms with Crippen molar-refractivity contribution in [2.24, 2.45) is 11.8 Å². The van der Waals surface area contributed by atoms with Gasteiger partial charge < -0.3 is 15.2 Å². The summed E-state index contributed by atoms with van der Waals surface area (Å²) in [5.74, 6) is -0.850. The Labute approximate surface area is 139 Å². The molecule has 0 heterocycles. The lowest BCUT2D eigenvalue weighted by Crippen LogP contribution is -2.39. The largest absolute Gasteiger partial charge is 0.573 e. The molecule has 3 atom stereocenters. The van der Waals surface area contributed by atoms with E-state index in [2.05, 4.69) is 10.1 Å². The van der Waals surface area contributed by atoms with Crippen molar-refractivity contribution in [1.82, 2.24) is 5.32 Å². The molecule has 1 amide bonds. The Morgan fingerprint density at radius 1 is 1.38 bits per heavy atom. The summed E-state index contributed by atoms with van der Waals surface area (Å²) in [7, 11) is 0. The Hall–Kier alpha value is -1.76. The molecule has 2 rings (SSSR count). The number of halogens is 3. The number of hydrogen-bond acceptors (Lipinski definition) is 3. The molecule has 0 aromatic heterocycles. The van der Waals surface area contributed by atoms with Crippen LogP contribution in [-0.2, 0) is 4.79 Å². The molecule has 0 saturated heterocycles. The van der Waals surface area contributed by atoms with Gasteiger partial charge in [-0.05, 0) is 36.3 Å². The van der Waals surface area contributed by atoms with E-state index in [9.17, 15) is 23.1 Å². The lowest BCUT2D eigenvalue weighted by atomic mass is 10.0. The van der Waals surface area contributed by atoms with E-state index in [1.54, 1.807) is 12.1 Å². The average molecular weight is 345 g/mol. The number of carbonyl (C=O) groups is 1. The molecule has 1 aliphatic rings. The fourth-order valence-electron chi connectivity index (χ4n) is 2.89. The second-order valence-electron chi connectivity index (χ2n) is 6.55. The maximum absolute atomic E-state index is 12.5. The summed E-state index contributed by atoms with van der Waals surface area (Å²) in [5, 5.41) is 12.1. The van der Waals surface area contributed by atoms with Crippen molar-refractivity contribution in [3.63, 3.8) is 0 Å². The monoisotopic (exact) mass is 345 g/mol. The third kappa shape index (κ3) is 5.12. The van der Waals surface area contributed by atoms with Crippen LogP contribution in [0.25, 0.3) is 0 Å². The Balaban J connectivity index is 2.01. The predicted octanol–water partition coefficient (Wildman–Crippen LogP) is 3.21. The summed E-state index contributed by atoms with van der Waals surface area (Å²) >= 11 is 0. The number of alkyl halides is 3. The molecule has 1 aromatic carbocycles. The summed E-state index contributed by atoms with van der Waals surface area (Å²) in [6, 6.07) is 5.57. The van der Waals surface area contributed by atoms with E-state index in [-0.39, 0.29) is 36.1 Å². The average Bonchev–Trinajstić information content (AvgIpc) is 3.25. The van der Waals surface area contributed by atoms with Crippen LogP contribution in [0.4, 0.5) is 13.2 Å². The molecule has 134 valence electrons. The highest BCUT2D eigenvalue weighted by molar-refractivity contribution is 5.83. The van der Waals surface area contributed by atoms with E-state index in [1.165, 1.54) is 12.1 Å². The summed E-state index contributed by atoms with van der Waals surface area (Å²) in [6.07, 6.45) is -3.64. The van der Waals surface area contributed by atoms with Crippen LogP contribution in [0, 0.1) is 11.8 Å². The molecule has 1 fully saturated rings. The highest BCUT2D eigenvalue weighted by Gasteiger charge is 2.46. The van der Waals surface area contributed by atoms with Gasteiger partial charge in [0.2, 0.25) is 5.91 Å². The number of rotatable bonds is 7. The van der Waals surface area contributed by atoms with Crippen LogP contribution >= 0.6 is 0 Å². The predicted molar refractivity (Wildman–Crippen MR) is 82.4 cm³/mol. The zero-order valence-electron chi connectivity index (χ0n) is 13.6. The minimum atomic E-state index is -4.76. The van der Waals surface area contributed by atoms with Crippen LogP contribution in [0.2, 0.25) is 0 Å². The summed E-state index contributed by atoms with van der Waals surface area (Å²) in [5.41, 5.74) is 0.388. The van der Waals surface area contributed by atoms with Crippen molar-refractivity contribution in [2.45, 2.75) is 45.0 Å². The van der Waals surface area contributed by atoms with Gasteiger partial charge in [-0.3, -0.25) is 4.79 Å². The SMILES string of the molecule is CC(C)CC(CO)NC(=O)C1CC1c1ccccc1OC(F)(F)F. The molecule has 0 spiro atoms. The number of ether oxygens (including phenoxy) is 1. The van der Waals surface area contributed by atoms with E-state index in [4.69, 9.17) is 0 Å². The van der Waals surface area contributed by atoms with E-state index < -0.39 is 6.36 Å². The van der Waals surface area contributed by atoms with Gasteiger partial charge in [-0.25, -0.2) is 0 Å². The molecule has 7 heteroatoms. The minimum absolute atomic E-state index is 0.158. The van der Waals surface area contributed by atoms with Crippen molar-refractivity contribution >= 4 is 5.91 Å². The third-order valence-electron chi connectivity index (χ3n) is 3.99. The van der Waals surface area contributed by atoms with Gasteiger partial charge in [0.1, 0.15) is 5.75 Å². The fraction of sp³-hybridized carbons (Fsp3) is 0.588. The van der Waals surface area contributed by atoms with Gasteiger partial charge in [-0.1, -0.05) is 32.0 Å². The van der Waals surface area contributed by atoms with Gasteiger partial charge in [0.15, 0.2) is 0 Å². The Bertz CT molecular complexity index is 574. The van der Waals surface area contributed by atoms with Crippen molar-refractivity contribution in [3.8, 4) is 5.75 Å². The second kappa shape index (κ2) is 7.42. The Kier molecular flexibility index (Phi) is 5.74. The Morgan fingerprint density at radius 2 is 2.04 bits per heavy atom. The molecule has 24 heavy (non-hydrogen) atoms. The van der Waals surface area contributed by atoms with Gasteiger partial charge in [0, 0.05) is 5.92 Å². The van der Waals surface area contributed by atoms with Crippen LogP contribution < -0.4 is 10.1 Å². The summed E-state index contributed by atoms with van der Waals surface area (Å²) in [4.78, 5) is 12.3. The molecule has 0 radical (unpaired) electrons. The maximum Gasteiger partial charge on any atom is 0.573 e. The normalized spacial score (nSPS) is 21.5. The van der Waals surface area contributed by atoms with Crippen LogP contribution in [-0.4, -0.2) is 30.0 Å². The second-order valence-corrected chi connectivity index (χ2v) is 6.55. The van der Waals surface area contributed by atoms with E-state index in [0.29, 0.717) is 24.3 Å². The first-order valence-electron chi connectivity index (χ1n) is 7.97. The number of para-hydroxylation sites is 1. The molecular formula is C17H22F3NO3. The van der Waals surface area contributed by atoms with Crippen molar-refractivity contribution in [3.05, 3.63) is 29.8 Å².